The minimum absolute atomic E-state index is 0.172. The fourth-order valence-electron chi connectivity index (χ4n) is 2.60. The number of carbonyl (C=O) groups excluding carboxylic acids is 1. The van der Waals surface area contributed by atoms with E-state index in [1.54, 1.807) is 14.2 Å². The first-order chi connectivity index (χ1) is 13.2. The maximum absolute atomic E-state index is 12.3. The first-order valence-corrected chi connectivity index (χ1v) is 10.8. The zero-order valence-corrected chi connectivity index (χ0v) is 17.5. The molecule has 2 rings (SSSR count). The normalized spacial score (nSPS) is 11.0. The van der Waals surface area contributed by atoms with Gasteiger partial charge in [-0.15, -0.1) is 0 Å². The Morgan fingerprint density at radius 2 is 1.79 bits per heavy atom. The van der Waals surface area contributed by atoms with E-state index >= 15 is 0 Å². The molecule has 7 nitrogen and oxygen atoms in total. The number of hydrogen-bond acceptors (Lipinski definition) is 5. The van der Waals surface area contributed by atoms with Crippen LogP contribution in [0, 0.1) is 0 Å². The van der Waals surface area contributed by atoms with E-state index in [1.807, 2.05) is 18.2 Å². The fourth-order valence-corrected chi connectivity index (χ4v) is 3.42. The Bertz CT molecular complexity index is 947. The van der Waals surface area contributed by atoms with Gasteiger partial charge in [-0.05, 0) is 48.7 Å². The summed E-state index contributed by atoms with van der Waals surface area (Å²) in [6, 6.07) is 10.1. The van der Waals surface area contributed by atoms with Crippen LogP contribution in [0.2, 0.25) is 5.02 Å². The molecule has 2 N–H and O–H groups in total. The molecule has 0 aliphatic rings. The van der Waals surface area contributed by atoms with Gasteiger partial charge in [0.1, 0.15) is 0 Å². The molecule has 0 aliphatic heterocycles. The number of hydrogen-bond donors (Lipinski definition) is 2. The summed E-state index contributed by atoms with van der Waals surface area (Å²) in [6.45, 7) is 0.465. The lowest BCUT2D eigenvalue weighted by atomic mass is 10.1. The number of benzene rings is 2. The number of sulfonamides is 1. The van der Waals surface area contributed by atoms with Gasteiger partial charge >= 0.3 is 0 Å². The summed E-state index contributed by atoms with van der Waals surface area (Å²) in [5.74, 6) is 1.02. The number of ether oxygens (including phenoxy) is 2. The first-order valence-electron chi connectivity index (χ1n) is 8.50. The first kappa shape index (κ1) is 21.8. The highest BCUT2D eigenvalue weighted by molar-refractivity contribution is 7.92. The quantitative estimate of drug-likeness (QED) is 0.601. The van der Waals surface area contributed by atoms with Crippen LogP contribution < -0.4 is 19.5 Å². The maximum Gasteiger partial charge on any atom is 0.252 e. The highest BCUT2D eigenvalue weighted by Gasteiger charge is 2.12. The van der Waals surface area contributed by atoms with Gasteiger partial charge < -0.3 is 14.8 Å². The van der Waals surface area contributed by atoms with Crippen molar-refractivity contribution in [1.29, 1.82) is 0 Å². The SMILES string of the molecule is COc1ccc(CCCNC(=O)c2ccc(NS(C)(=O)=O)cc2Cl)cc1OC. The van der Waals surface area contributed by atoms with Crippen LogP contribution in [0.1, 0.15) is 22.3 Å². The number of anilines is 1. The fraction of sp³-hybridized carbons (Fsp3) is 0.316. The summed E-state index contributed by atoms with van der Waals surface area (Å²) in [6.07, 6.45) is 2.53. The minimum atomic E-state index is -3.41. The van der Waals surface area contributed by atoms with E-state index < -0.39 is 10.0 Å². The molecule has 152 valence electrons. The van der Waals surface area contributed by atoms with Gasteiger partial charge in [-0.2, -0.15) is 0 Å². The number of rotatable bonds is 9. The van der Waals surface area contributed by atoms with Crippen molar-refractivity contribution in [1.82, 2.24) is 5.32 Å². The average molecular weight is 427 g/mol. The maximum atomic E-state index is 12.3. The zero-order valence-electron chi connectivity index (χ0n) is 15.9. The molecule has 0 bridgehead atoms. The predicted molar refractivity (Wildman–Crippen MR) is 110 cm³/mol. The second-order valence-corrected chi connectivity index (χ2v) is 8.27. The van der Waals surface area contributed by atoms with Crippen LogP contribution in [0.3, 0.4) is 0 Å². The molecule has 9 heteroatoms. The van der Waals surface area contributed by atoms with Gasteiger partial charge in [0.05, 0.1) is 31.1 Å². The highest BCUT2D eigenvalue weighted by atomic mass is 35.5. The van der Waals surface area contributed by atoms with Crippen LogP contribution in [0.25, 0.3) is 0 Å². The number of methoxy groups -OCH3 is 2. The molecule has 0 aliphatic carbocycles. The van der Waals surface area contributed by atoms with E-state index in [2.05, 4.69) is 10.0 Å². The van der Waals surface area contributed by atoms with Gasteiger partial charge in [0.2, 0.25) is 10.0 Å². The van der Waals surface area contributed by atoms with Crippen LogP contribution in [-0.2, 0) is 16.4 Å². The zero-order chi connectivity index (χ0) is 20.7. The molecule has 0 saturated carbocycles. The van der Waals surface area contributed by atoms with Crippen molar-refractivity contribution in [3.05, 3.63) is 52.5 Å². The number of halogens is 1. The van der Waals surface area contributed by atoms with Crippen LogP contribution in [-0.4, -0.2) is 41.3 Å². The van der Waals surface area contributed by atoms with Crippen molar-refractivity contribution < 1.29 is 22.7 Å². The topological polar surface area (TPSA) is 93.7 Å². The summed E-state index contributed by atoms with van der Waals surface area (Å²) in [5.41, 5.74) is 1.66. The van der Waals surface area contributed by atoms with Crippen molar-refractivity contribution in [2.45, 2.75) is 12.8 Å². The highest BCUT2D eigenvalue weighted by Crippen LogP contribution is 2.28. The molecule has 0 saturated heterocycles. The molecule has 0 atom stereocenters. The van der Waals surface area contributed by atoms with Gasteiger partial charge in [-0.25, -0.2) is 8.42 Å². The van der Waals surface area contributed by atoms with E-state index in [9.17, 15) is 13.2 Å². The molecule has 0 fully saturated rings. The van der Waals surface area contributed by atoms with Crippen LogP contribution in [0.5, 0.6) is 11.5 Å². The van der Waals surface area contributed by atoms with Crippen LogP contribution >= 0.6 is 11.6 Å². The summed E-state index contributed by atoms with van der Waals surface area (Å²) < 4.78 is 35.3. The number of amides is 1. The number of nitrogens with one attached hydrogen (secondary N) is 2. The lowest BCUT2D eigenvalue weighted by Crippen LogP contribution is -2.25. The molecular formula is C19H23ClN2O5S. The third kappa shape index (κ3) is 6.31. The average Bonchev–Trinajstić information content (AvgIpc) is 2.63. The second kappa shape index (κ2) is 9.66. The van der Waals surface area contributed by atoms with Crippen molar-refractivity contribution in [3.8, 4) is 11.5 Å². The summed E-state index contributed by atoms with van der Waals surface area (Å²) in [5, 5.41) is 2.98. The van der Waals surface area contributed by atoms with Crippen LogP contribution in [0.4, 0.5) is 5.69 Å². The molecule has 2 aromatic carbocycles. The Morgan fingerprint density at radius 1 is 1.07 bits per heavy atom. The van der Waals surface area contributed by atoms with Crippen molar-refractivity contribution in [3.63, 3.8) is 0 Å². The van der Waals surface area contributed by atoms with Gasteiger partial charge in [0.25, 0.3) is 5.91 Å². The summed E-state index contributed by atoms with van der Waals surface area (Å²) >= 11 is 6.10. The molecular weight excluding hydrogens is 404 g/mol. The Balaban J connectivity index is 1.89. The van der Waals surface area contributed by atoms with Crippen molar-refractivity contribution >= 4 is 33.2 Å². The second-order valence-electron chi connectivity index (χ2n) is 6.12. The molecule has 0 spiro atoms. The van der Waals surface area contributed by atoms with Crippen molar-refractivity contribution in [2.24, 2.45) is 0 Å². The number of carbonyl (C=O) groups is 1. The lowest BCUT2D eigenvalue weighted by molar-refractivity contribution is 0.0953. The summed E-state index contributed by atoms with van der Waals surface area (Å²) in [4.78, 5) is 12.3. The van der Waals surface area contributed by atoms with E-state index in [0.717, 1.165) is 24.7 Å². The molecule has 0 aromatic heterocycles. The third-order valence-electron chi connectivity index (χ3n) is 3.89. The molecule has 28 heavy (non-hydrogen) atoms. The smallest absolute Gasteiger partial charge is 0.252 e. The van der Waals surface area contributed by atoms with Crippen molar-refractivity contribution in [2.75, 3.05) is 31.7 Å². The van der Waals surface area contributed by atoms with E-state index in [4.69, 9.17) is 21.1 Å². The van der Waals surface area contributed by atoms with Crippen LogP contribution in [0.15, 0.2) is 36.4 Å². The Morgan fingerprint density at radius 3 is 2.39 bits per heavy atom. The summed E-state index contributed by atoms with van der Waals surface area (Å²) in [7, 11) is -0.236. The van der Waals surface area contributed by atoms with E-state index in [1.165, 1.54) is 18.2 Å². The largest absolute Gasteiger partial charge is 0.493 e. The third-order valence-corrected chi connectivity index (χ3v) is 4.81. The van der Waals surface area contributed by atoms with Gasteiger partial charge in [0, 0.05) is 12.2 Å². The van der Waals surface area contributed by atoms with E-state index in [0.29, 0.717) is 23.7 Å². The molecule has 0 heterocycles. The molecule has 0 unspecified atom stereocenters. The van der Waals surface area contributed by atoms with Gasteiger partial charge in [-0.3, -0.25) is 9.52 Å². The van der Waals surface area contributed by atoms with E-state index in [-0.39, 0.29) is 16.5 Å². The predicted octanol–water partition coefficient (Wildman–Crippen LogP) is 3.09. The Hall–Kier alpha value is -2.45. The molecule has 1 amide bonds. The monoisotopic (exact) mass is 426 g/mol. The van der Waals surface area contributed by atoms with Gasteiger partial charge in [0.15, 0.2) is 11.5 Å². The Labute approximate surface area is 170 Å². The van der Waals surface area contributed by atoms with Gasteiger partial charge in [-0.1, -0.05) is 17.7 Å². The Kier molecular flexibility index (Phi) is 7.53. The standard InChI is InChI=1S/C19H23ClN2O5S/c1-26-17-9-6-13(11-18(17)27-2)5-4-10-21-19(23)15-8-7-14(12-16(15)20)22-28(3,24)25/h6-9,11-12,22H,4-5,10H2,1-3H3,(H,21,23). The molecule has 2 aromatic rings. The number of aryl methyl sites for hydroxylation is 1. The minimum Gasteiger partial charge on any atom is -0.493 e. The lowest BCUT2D eigenvalue weighted by Gasteiger charge is -2.11. The molecule has 0 radical (unpaired) electrons.